The van der Waals surface area contributed by atoms with Gasteiger partial charge < -0.3 is 0 Å². The first-order valence-corrected chi connectivity index (χ1v) is 5.44. The minimum absolute atomic E-state index is 0. The lowest BCUT2D eigenvalue weighted by atomic mass is 10.3. The fourth-order valence-corrected chi connectivity index (χ4v) is 1.51. The number of nitrogens with two attached hydrogens (primary N) is 2. The van der Waals surface area contributed by atoms with Crippen LogP contribution in [0.25, 0.3) is 0 Å². The van der Waals surface area contributed by atoms with Crippen molar-refractivity contribution < 1.29 is 4.79 Å². The third-order valence-electron chi connectivity index (χ3n) is 2.48. The van der Waals surface area contributed by atoms with Crippen molar-refractivity contribution in [2.75, 3.05) is 10.0 Å². The van der Waals surface area contributed by atoms with Crippen LogP contribution in [0, 0.1) is 0 Å². The molecule has 2 aromatic carbocycles. The van der Waals surface area contributed by atoms with E-state index < -0.39 is 6.03 Å². The second-order valence-corrected chi connectivity index (χ2v) is 3.69. The molecule has 0 bridgehead atoms. The van der Waals surface area contributed by atoms with Crippen molar-refractivity contribution in [1.29, 1.82) is 0 Å². The molecule has 4 N–H and O–H groups in total. The van der Waals surface area contributed by atoms with Crippen molar-refractivity contribution in [2.24, 2.45) is 11.7 Å². The first-order valence-electron chi connectivity index (χ1n) is 5.44. The Morgan fingerprint density at radius 2 is 1.05 bits per heavy atom. The maximum atomic E-state index is 12.0. The summed E-state index contributed by atoms with van der Waals surface area (Å²) >= 11 is 0. The number of amides is 2. The molecule has 2 aromatic rings. The van der Waals surface area contributed by atoms with Gasteiger partial charge in [-0.3, -0.25) is 0 Å². The first-order chi connectivity index (χ1) is 8.70. The average molecular weight is 279 g/mol. The fraction of sp³-hybridized carbons (Fsp3) is 0. The Hall–Kier alpha value is -2.08. The molecule has 0 aromatic heterocycles. The standard InChI is InChI=1S/C13H14N4O.ClH/c14-16(11-7-3-1-4-8-11)13(18)17(15)12-9-5-2-6-10-12;/h1-10H,14-15H2;1H. The second kappa shape index (κ2) is 6.75. The quantitative estimate of drug-likeness (QED) is 0.503. The molecule has 0 radical (unpaired) electrons. The van der Waals surface area contributed by atoms with E-state index in [9.17, 15) is 4.79 Å². The summed E-state index contributed by atoms with van der Waals surface area (Å²) in [5.74, 6) is 11.5. The summed E-state index contributed by atoms with van der Waals surface area (Å²) < 4.78 is 0. The van der Waals surface area contributed by atoms with Gasteiger partial charge in [-0.25, -0.2) is 26.5 Å². The minimum Gasteiger partial charge on any atom is -0.245 e. The van der Waals surface area contributed by atoms with Gasteiger partial charge in [0.25, 0.3) is 0 Å². The number of anilines is 2. The molecular formula is C13H15ClN4O. The summed E-state index contributed by atoms with van der Waals surface area (Å²) in [5, 5.41) is 2.01. The fourth-order valence-electron chi connectivity index (χ4n) is 1.51. The van der Waals surface area contributed by atoms with Crippen LogP contribution in [0.15, 0.2) is 60.7 Å². The molecule has 0 spiro atoms. The summed E-state index contributed by atoms with van der Waals surface area (Å²) in [5.41, 5.74) is 1.16. The highest BCUT2D eigenvalue weighted by molar-refractivity contribution is 6.01. The van der Waals surface area contributed by atoms with Crippen LogP contribution in [0.5, 0.6) is 0 Å². The van der Waals surface area contributed by atoms with E-state index >= 15 is 0 Å². The Labute approximate surface area is 117 Å². The number of para-hydroxylation sites is 2. The summed E-state index contributed by atoms with van der Waals surface area (Å²) in [6.45, 7) is 0. The number of nitrogens with zero attached hydrogens (tertiary/aromatic N) is 2. The van der Waals surface area contributed by atoms with Crippen molar-refractivity contribution in [3.63, 3.8) is 0 Å². The van der Waals surface area contributed by atoms with Gasteiger partial charge in [-0.15, -0.1) is 12.4 Å². The molecule has 0 saturated carbocycles. The van der Waals surface area contributed by atoms with Crippen molar-refractivity contribution >= 4 is 29.8 Å². The summed E-state index contributed by atoms with van der Waals surface area (Å²) in [6.07, 6.45) is 0. The zero-order valence-corrected chi connectivity index (χ0v) is 11.0. The maximum Gasteiger partial charge on any atom is 0.357 e. The van der Waals surface area contributed by atoms with Crippen LogP contribution < -0.4 is 21.7 Å². The predicted octanol–water partition coefficient (Wildman–Crippen LogP) is 2.29. The molecule has 0 aliphatic carbocycles. The zero-order valence-electron chi connectivity index (χ0n) is 10.1. The van der Waals surface area contributed by atoms with E-state index in [1.54, 1.807) is 48.5 Å². The number of hydrazine groups is 2. The van der Waals surface area contributed by atoms with Gasteiger partial charge in [-0.2, -0.15) is 0 Å². The van der Waals surface area contributed by atoms with Crippen LogP contribution in [-0.2, 0) is 0 Å². The summed E-state index contributed by atoms with van der Waals surface area (Å²) in [6, 6.07) is 17.3. The molecule has 5 nitrogen and oxygen atoms in total. The maximum absolute atomic E-state index is 12.0. The molecule has 100 valence electrons. The molecule has 0 heterocycles. The van der Waals surface area contributed by atoms with Crippen molar-refractivity contribution in [3.8, 4) is 0 Å². The molecule has 0 saturated heterocycles. The molecule has 0 unspecified atom stereocenters. The van der Waals surface area contributed by atoms with E-state index in [0.29, 0.717) is 11.4 Å². The van der Waals surface area contributed by atoms with Crippen LogP contribution in [-0.4, -0.2) is 6.03 Å². The van der Waals surface area contributed by atoms with Gasteiger partial charge in [0, 0.05) is 0 Å². The second-order valence-electron chi connectivity index (χ2n) is 3.69. The molecule has 0 atom stereocenters. The normalized spacial score (nSPS) is 9.37. The van der Waals surface area contributed by atoms with Gasteiger partial charge in [0.1, 0.15) is 0 Å². The van der Waals surface area contributed by atoms with Crippen molar-refractivity contribution in [1.82, 2.24) is 0 Å². The van der Waals surface area contributed by atoms with Crippen LogP contribution in [0.4, 0.5) is 16.2 Å². The van der Waals surface area contributed by atoms with E-state index in [2.05, 4.69) is 0 Å². The van der Waals surface area contributed by atoms with E-state index in [1.165, 1.54) is 0 Å². The molecule has 0 aliphatic heterocycles. The number of hydrogen-bond acceptors (Lipinski definition) is 3. The number of carbonyl (C=O) groups is 1. The van der Waals surface area contributed by atoms with Crippen LogP contribution in [0.2, 0.25) is 0 Å². The molecule has 0 aliphatic rings. The molecule has 2 amide bonds. The van der Waals surface area contributed by atoms with Gasteiger partial charge in [0.05, 0.1) is 11.4 Å². The van der Waals surface area contributed by atoms with E-state index in [4.69, 9.17) is 11.7 Å². The van der Waals surface area contributed by atoms with Crippen LogP contribution in [0.1, 0.15) is 0 Å². The minimum atomic E-state index is -0.507. The van der Waals surface area contributed by atoms with Gasteiger partial charge in [0.15, 0.2) is 0 Å². The number of rotatable bonds is 2. The lowest BCUT2D eigenvalue weighted by molar-refractivity contribution is 0.251. The van der Waals surface area contributed by atoms with Gasteiger partial charge in [0.2, 0.25) is 0 Å². The zero-order chi connectivity index (χ0) is 13.0. The Balaban J connectivity index is 0.00000180. The highest BCUT2D eigenvalue weighted by Gasteiger charge is 2.18. The molecule has 0 fully saturated rings. The average Bonchev–Trinajstić information content (AvgIpc) is 2.47. The van der Waals surface area contributed by atoms with E-state index in [-0.39, 0.29) is 12.4 Å². The number of halogens is 1. The topological polar surface area (TPSA) is 75.6 Å². The monoisotopic (exact) mass is 278 g/mol. The highest BCUT2D eigenvalue weighted by Crippen LogP contribution is 2.15. The van der Waals surface area contributed by atoms with Crippen LogP contribution in [0.3, 0.4) is 0 Å². The predicted molar refractivity (Wildman–Crippen MR) is 78.9 cm³/mol. The lowest BCUT2D eigenvalue weighted by Gasteiger charge is -2.23. The summed E-state index contributed by atoms with van der Waals surface area (Å²) in [7, 11) is 0. The Morgan fingerprint density at radius 1 is 0.737 bits per heavy atom. The molecule has 2 rings (SSSR count). The van der Waals surface area contributed by atoms with E-state index in [0.717, 1.165) is 10.0 Å². The SMILES string of the molecule is Cl.NN(C(=O)N(N)c1ccccc1)c1ccccc1. The molecule has 6 heteroatoms. The third kappa shape index (κ3) is 3.45. The van der Waals surface area contributed by atoms with Crippen molar-refractivity contribution in [3.05, 3.63) is 60.7 Å². The number of hydrogen-bond donors (Lipinski definition) is 2. The summed E-state index contributed by atoms with van der Waals surface area (Å²) in [4.78, 5) is 12.0. The van der Waals surface area contributed by atoms with Gasteiger partial charge in [-0.05, 0) is 24.3 Å². The van der Waals surface area contributed by atoms with Crippen molar-refractivity contribution in [2.45, 2.75) is 0 Å². The van der Waals surface area contributed by atoms with E-state index in [1.807, 2.05) is 12.1 Å². The first kappa shape index (κ1) is 15.0. The Morgan fingerprint density at radius 3 is 1.37 bits per heavy atom. The number of benzene rings is 2. The van der Waals surface area contributed by atoms with Gasteiger partial charge >= 0.3 is 6.03 Å². The smallest absolute Gasteiger partial charge is 0.245 e. The lowest BCUT2D eigenvalue weighted by Crippen LogP contribution is -2.50. The molecular weight excluding hydrogens is 264 g/mol. The number of urea groups is 1. The third-order valence-corrected chi connectivity index (χ3v) is 2.48. The Kier molecular flexibility index (Phi) is 5.32. The largest absolute Gasteiger partial charge is 0.357 e. The molecule has 19 heavy (non-hydrogen) atoms. The Bertz CT molecular complexity index is 473. The van der Waals surface area contributed by atoms with Crippen LogP contribution >= 0.6 is 12.4 Å². The number of carbonyl (C=O) groups excluding carboxylic acids is 1. The highest BCUT2D eigenvalue weighted by atomic mass is 35.5. The van der Waals surface area contributed by atoms with Gasteiger partial charge in [-0.1, -0.05) is 36.4 Å².